The van der Waals surface area contributed by atoms with Crippen molar-refractivity contribution in [2.24, 2.45) is 5.10 Å². The quantitative estimate of drug-likeness (QED) is 0.549. The number of hydrogen-bond donors (Lipinski definition) is 1. The molecule has 1 aromatic heterocycles. The molecule has 2 aromatic carbocycles. The summed E-state index contributed by atoms with van der Waals surface area (Å²) in [7, 11) is 0. The van der Waals surface area contributed by atoms with E-state index in [4.69, 9.17) is 11.6 Å². The second kappa shape index (κ2) is 6.16. The molecular weight excluding hydrogens is 294 g/mol. The molecular formula is C18H16ClN3. The highest BCUT2D eigenvalue weighted by molar-refractivity contribution is 6.31. The van der Waals surface area contributed by atoms with Crippen molar-refractivity contribution in [3.05, 3.63) is 70.2 Å². The fourth-order valence-electron chi connectivity index (χ4n) is 2.25. The van der Waals surface area contributed by atoms with Gasteiger partial charge in [0, 0.05) is 10.4 Å². The van der Waals surface area contributed by atoms with Crippen molar-refractivity contribution in [3.63, 3.8) is 0 Å². The first-order valence-corrected chi connectivity index (χ1v) is 7.42. The van der Waals surface area contributed by atoms with Crippen LogP contribution in [0.2, 0.25) is 5.02 Å². The minimum atomic E-state index is 0.718. The molecule has 110 valence electrons. The van der Waals surface area contributed by atoms with Gasteiger partial charge in [-0.3, -0.25) is 5.43 Å². The maximum absolute atomic E-state index is 6.03. The lowest BCUT2D eigenvalue weighted by atomic mass is 10.1. The predicted molar refractivity (Wildman–Crippen MR) is 93.9 cm³/mol. The number of aryl methyl sites for hydroxylation is 2. The Balaban J connectivity index is 1.82. The van der Waals surface area contributed by atoms with E-state index in [0.717, 1.165) is 32.9 Å². The van der Waals surface area contributed by atoms with Gasteiger partial charge in [-0.15, -0.1) is 0 Å². The van der Waals surface area contributed by atoms with Crippen LogP contribution in [0.25, 0.3) is 10.9 Å². The number of pyridine rings is 1. The number of nitrogens with one attached hydrogen (secondary N) is 1. The number of hydrazone groups is 1. The summed E-state index contributed by atoms with van der Waals surface area (Å²) in [6.45, 7) is 4.10. The molecule has 0 amide bonds. The first kappa shape index (κ1) is 14.5. The molecule has 3 nitrogen and oxygen atoms in total. The molecule has 0 fully saturated rings. The molecule has 0 aliphatic heterocycles. The standard InChI is InChI=1S/C18H16ClN3/c1-12-3-5-14(6-4-12)11-20-22-18-9-13(2)16-10-15(19)7-8-17(16)21-18/h3-11H,1-2H3,(H,21,22)/b20-11+. The Morgan fingerprint density at radius 1 is 1.05 bits per heavy atom. The summed E-state index contributed by atoms with van der Waals surface area (Å²) in [5.74, 6) is 0.718. The first-order valence-electron chi connectivity index (χ1n) is 7.04. The molecule has 0 saturated carbocycles. The van der Waals surface area contributed by atoms with Crippen LogP contribution in [0.1, 0.15) is 16.7 Å². The summed E-state index contributed by atoms with van der Waals surface area (Å²) in [6, 6.07) is 15.8. The van der Waals surface area contributed by atoms with Crippen molar-refractivity contribution in [1.82, 2.24) is 4.98 Å². The molecule has 0 atom stereocenters. The number of halogens is 1. The number of nitrogens with zero attached hydrogens (tertiary/aromatic N) is 2. The Hall–Kier alpha value is -2.39. The molecule has 1 heterocycles. The van der Waals surface area contributed by atoms with Crippen LogP contribution in [0, 0.1) is 13.8 Å². The molecule has 0 saturated heterocycles. The van der Waals surface area contributed by atoms with Crippen molar-refractivity contribution in [2.45, 2.75) is 13.8 Å². The minimum Gasteiger partial charge on any atom is -0.261 e. The average Bonchev–Trinajstić information content (AvgIpc) is 2.50. The molecule has 0 aliphatic rings. The number of benzene rings is 2. The zero-order valence-corrected chi connectivity index (χ0v) is 13.2. The average molecular weight is 310 g/mol. The van der Waals surface area contributed by atoms with Crippen molar-refractivity contribution in [2.75, 3.05) is 5.43 Å². The van der Waals surface area contributed by atoms with Gasteiger partial charge in [-0.2, -0.15) is 5.10 Å². The fourth-order valence-corrected chi connectivity index (χ4v) is 2.42. The van der Waals surface area contributed by atoms with Crippen LogP contribution in [0.5, 0.6) is 0 Å². The van der Waals surface area contributed by atoms with E-state index in [9.17, 15) is 0 Å². The third-order valence-corrected chi connectivity index (χ3v) is 3.68. The fraction of sp³-hybridized carbons (Fsp3) is 0.111. The molecule has 0 radical (unpaired) electrons. The van der Waals surface area contributed by atoms with E-state index in [1.54, 1.807) is 6.21 Å². The van der Waals surface area contributed by atoms with E-state index in [2.05, 4.69) is 34.6 Å². The number of hydrogen-bond acceptors (Lipinski definition) is 3. The third-order valence-electron chi connectivity index (χ3n) is 3.45. The Labute approximate surface area is 134 Å². The van der Waals surface area contributed by atoms with E-state index in [1.807, 2.05) is 43.3 Å². The number of fused-ring (bicyclic) bond motifs is 1. The highest BCUT2D eigenvalue weighted by Gasteiger charge is 2.03. The molecule has 3 rings (SSSR count). The summed E-state index contributed by atoms with van der Waals surface area (Å²) in [5, 5.41) is 6.02. The summed E-state index contributed by atoms with van der Waals surface area (Å²) in [5.41, 5.74) is 7.27. The van der Waals surface area contributed by atoms with Crippen molar-refractivity contribution in [3.8, 4) is 0 Å². The minimum absolute atomic E-state index is 0.718. The Morgan fingerprint density at radius 3 is 2.59 bits per heavy atom. The summed E-state index contributed by atoms with van der Waals surface area (Å²) >= 11 is 6.03. The number of anilines is 1. The van der Waals surface area contributed by atoms with E-state index in [1.165, 1.54) is 5.56 Å². The van der Waals surface area contributed by atoms with Gasteiger partial charge in [0.05, 0.1) is 11.7 Å². The van der Waals surface area contributed by atoms with Crippen LogP contribution >= 0.6 is 11.6 Å². The molecule has 0 unspecified atom stereocenters. The van der Waals surface area contributed by atoms with Gasteiger partial charge < -0.3 is 0 Å². The molecule has 4 heteroatoms. The van der Waals surface area contributed by atoms with Crippen LogP contribution in [-0.2, 0) is 0 Å². The van der Waals surface area contributed by atoms with Gasteiger partial charge in [-0.1, -0.05) is 41.4 Å². The first-order chi connectivity index (χ1) is 10.6. The highest BCUT2D eigenvalue weighted by Crippen LogP contribution is 2.23. The van der Waals surface area contributed by atoms with E-state index in [-0.39, 0.29) is 0 Å². The Bertz CT molecular complexity index is 839. The Kier molecular flexibility index (Phi) is 4.07. The maximum Gasteiger partial charge on any atom is 0.147 e. The lowest BCUT2D eigenvalue weighted by molar-refractivity contribution is 1.25. The zero-order chi connectivity index (χ0) is 15.5. The van der Waals surface area contributed by atoms with Crippen LogP contribution in [0.4, 0.5) is 5.82 Å². The van der Waals surface area contributed by atoms with Gasteiger partial charge in [0.15, 0.2) is 0 Å². The van der Waals surface area contributed by atoms with Crippen LogP contribution in [0.15, 0.2) is 53.6 Å². The van der Waals surface area contributed by atoms with Gasteiger partial charge in [0.1, 0.15) is 5.82 Å². The molecule has 3 aromatic rings. The van der Waals surface area contributed by atoms with Gasteiger partial charge in [0.2, 0.25) is 0 Å². The molecule has 1 N–H and O–H groups in total. The highest BCUT2D eigenvalue weighted by atomic mass is 35.5. The zero-order valence-electron chi connectivity index (χ0n) is 12.5. The predicted octanol–water partition coefficient (Wildman–Crippen LogP) is 4.95. The van der Waals surface area contributed by atoms with E-state index in [0.29, 0.717) is 0 Å². The van der Waals surface area contributed by atoms with E-state index >= 15 is 0 Å². The van der Waals surface area contributed by atoms with Gasteiger partial charge in [0.25, 0.3) is 0 Å². The molecule has 22 heavy (non-hydrogen) atoms. The maximum atomic E-state index is 6.03. The SMILES string of the molecule is Cc1ccc(/C=N/Nc2cc(C)c3cc(Cl)ccc3n2)cc1. The lowest BCUT2D eigenvalue weighted by Crippen LogP contribution is -1.95. The van der Waals surface area contributed by atoms with Crippen LogP contribution < -0.4 is 5.43 Å². The third kappa shape index (κ3) is 3.26. The lowest BCUT2D eigenvalue weighted by Gasteiger charge is -2.06. The van der Waals surface area contributed by atoms with Crippen LogP contribution in [-0.4, -0.2) is 11.2 Å². The summed E-state index contributed by atoms with van der Waals surface area (Å²) in [6.07, 6.45) is 1.78. The molecule has 0 bridgehead atoms. The second-order valence-electron chi connectivity index (χ2n) is 5.27. The smallest absolute Gasteiger partial charge is 0.147 e. The van der Waals surface area contributed by atoms with Crippen molar-refractivity contribution in [1.29, 1.82) is 0 Å². The van der Waals surface area contributed by atoms with Gasteiger partial charge in [-0.25, -0.2) is 4.98 Å². The van der Waals surface area contributed by atoms with E-state index < -0.39 is 0 Å². The molecule has 0 aliphatic carbocycles. The largest absolute Gasteiger partial charge is 0.261 e. The summed E-state index contributed by atoms with van der Waals surface area (Å²) < 4.78 is 0. The normalized spacial score (nSPS) is 11.2. The van der Waals surface area contributed by atoms with Gasteiger partial charge >= 0.3 is 0 Å². The number of aromatic nitrogens is 1. The monoisotopic (exact) mass is 309 g/mol. The number of rotatable bonds is 3. The molecule has 0 spiro atoms. The second-order valence-corrected chi connectivity index (χ2v) is 5.70. The van der Waals surface area contributed by atoms with Crippen LogP contribution in [0.3, 0.4) is 0 Å². The van der Waals surface area contributed by atoms with Crippen molar-refractivity contribution < 1.29 is 0 Å². The van der Waals surface area contributed by atoms with Gasteiger partial charge in [-0.05, 0) is 49.2 Å². The summed E-state index contributed by atoms with van der Waals surface area (Å²) in [4.78, 5) is 4.54. The Morgan fingerprint density at radius 2 is 1.82 bits per heavy atom. The van der Waals surface area contributed by atoms with Crippen molar-refractivity contribution >= 4 is 34.5 Å². The topological polar surface area (TPSA) is 37.3 Å².